The quantitative estimate of drug-likeness (QED) is 0.858. The molecule has 134 valence electrons. The third-order valence-electron chi connectivity index (χ3n) is 4.38. The predicted molar refractivity (Wildman–Crippen MR) is 102 cm³/mol. The van der Waals surface area contributed by atoms with Crippen LogP contribution in [0.5, 0.6) is 5.75 Å². The largest absolute Gasteiger partial charge is 0.492 e. The Kier molecular flexibility index (Phi) is 5.88. The zero-order valence-corrected chi connectivity index (χ0v) is 15.5. The second kappa shape index (κ2) is 8.31. The minimum absolute atomic E-state index is 0.00477. The summed E-state index contributed by atoms with van der Waals surface area (Å²) < 4.78 is 5.58. The Morgan fingerprint density at radius 1 is 1.32 bits per heavy atom. The number of carbonyl (C=O) groups excluding carboxylic acids is 1. The van der Waals surface area contributed by atoms with E-state index in [1.165, 1.54) is 0 Å². The molecule has 1 atom stereocenters. The van der Waals surface area contributed by atoms with Crippen molar-refractivity contribution < 1.29 is 9.53 Å². The number of anilines is 2. The maximum Gasteiger partial charge on any atom is 0.241 e. The summed E-state index contributed by atoms with van der Waals surface area (Å²) in [6, 6.07) is 7.36. The highest BCUT2D eigenvalue weighted by molar-refractivity contribution is 7.13. The molecule has 6 nitrogen and oxygen atoms in total. The van der Waals surface area contributed by atoms with E-state index in [2.05, 4.69) is 20.1 Å². The Bertz CT molecular complexity index is 684. The van der Waals surface area contributed by atoms with Crippen molar-refractivity contribution in [1.29, 1.82) is 0 Å². The van der Waals surface area contributed by atoms with Gasteiger partial charge in [0.25, 0.3) is 0 Å². The maximum absolute atomic E-state index is 12.6. The third kappa shape index (κ3) is 4.29. The Hall–Kier alpha value is -2.12. The number of para-hydroxylation sites is 2. The SMILES string of the molecule is CCOc1ccccc1NC(=O)C(C)N1CCN(c2nccs2)CC1. The summed E-state index contributed by atoms with van der Waals surface area (Å²) in [6.45, 7) is 7.94. The number of rotatable bonds is 6. The molecule has 0 bridgehead atoms. The van der Waals surface area contributed by atoms with Crippen LogP contribution in [0.25, 0.3) is 0 Å². The van der Waals surface area contributed by atoms with E-state index >= 15 is 0 Å². The summed E-state index contributed by atoms with van der Waals surface area (Å²) in [5.41, 5.74) is 0.725. The first-order valence-corrected chi connectivity index (χ1v) is 9.48. The molecule has 7 heteroatoms. The topological polar surface area (TPSA) is 57.7 Å². The molecule has 3 rings (SSSR count). The number of ether oxygens (including phenoxy) is 1. The van der Waals surface area contributed by atoms with Crippen LogP contribution in [0.1, 0.15) is 13.8 Å². The van der Waals surface area contributed by atoms with E-state index < -0.39 is 0 Å². The fraction of sp³-hybridized carbons (Fsp3) is 0.444. The second-order valence-electron chi connectivity index (χ2n) is 5.93. The van der Waals surface area contributed by atoms with Gasteiger partial charge < -0.3 is 15.0 Å². The third-order valence-corrected chi connectivity index (χ3v) is 5.21. The molecule has 1 aromatic carbocycles. The van der Waals surface area contributed by atoms with Crippen molar-refractivity contribution in [1.82, 2.24) is 9.88 Å². The molecule has 1 fully saturated rings. The monoisotopic (exact) mass is 360 g/mol. The van der Waals surface area contributed by atoms with Gasteiger partial charge in [-0.3, -0.25) is 9.69 Å². The fourth-order valence-electron chi connectivity index (χ4n) is 2.93. The molecule has 1 amide bonds. The van der Waals surface area contributed by atoms with E-state index in [0.717, 1.165) is 37.0 Å². The summed E-state index contributed by atoms with van der Waals surface area (Å²) >= 11 is 1.66. The highest BCUT2D eigenvalue weighted by atomic mass is 32.1. The number of hydrogen-bond donors (Lipinski definition) is 1. The van der Waals surface area contributed by atoms with Crippen molar-refractivity contribution in [2.75, 3.05) is 43.0 Å². The summed E-state index contributed by atoms with van der Waals surface area (Å²) in [6.07, 6.45) is 1.83. The summed E-state index contributed by atoms with van der Waals surface area (Å²) in [5.74, 6) is 0.703. The van der Waals surface area contributed by atoms with E-state index in [9.17, 15) is 4.79 Å². The van der Waals surface area contributed by atoms with Gasteiger partial charge in [-0.25, -0.2) is 4.98 Å². The number of nitrogens with one attached hydrogen (secondary N) is 1. The van der Waals surface area contributed by atoms with E-state index in [-0.39, 0.29) is 11.9 Å². The van der Waals surface area contributed by atoms with Crippen molar-refractivity contribution in [2.45, 2.75) is 19.9 Å². The standard InChI is InChI=1S/C18H24N4O2S/c1-3-24-16-7-5-4-6-15(16)20-17(23)14(2)21-9-11-22(12-10-21)18-19-8-13-25-18/h4-8,13-14H,3,9-12H2,1-2H3,(H,20,23). The maximum atomic E-state index is 12.6. The van der Waals surface area contributed by atoms with Crippen LogP contribution in [0.3, 0.4) is 0 Å². The van der Waals surface area contributed by atoms with E-state index in [4.69, 9.17) is 4.74 Å². The molecule has 1 aliphatic heterocycles. The molecule has 0 saturated carbocycles. The number of amides is 1. The lowest BCUT2D eigenvalue weighted by Gasteiger charge is -2.37. The predicted octanol–water partition coefficient (Wildman–Crippen LogP) is 2.69. The van der Waals surface area contributed by atoms with Gasteiger partial charge in [-0.05, 0) is 26.0 Å². The number of aromatic nitrogens is 1. The molecular formula is C18H24N4O2S. The lowest BCUT2D eigenvalue weighted by Crippen LogP contribution is -2.52. The van der Waals surface area contributed by atoms with Crippen LogP contribution in [0.4, 0.5) is 10.8 Å². The van der Waals surface area contributed by atoms with Crippen LogP contribution in [0.15, 0.2) is 35.8 Å². The molecule has 2 aromatic rings. The van der Waals surface area contributed by atoms with Crippen LogP contribution < -0.4 is 15.0 Å². The van der Waals surface area contributed by atoms with Gasteiger partial charge in [0.05, 0.1) is 18.3 Å². The lowest BCUT2D eigenvalue weighted by atomic mass is 10.2. The number of benzene rings is 1. The van der Waals surface area contributed by atoms with Crippen molar-refractivity contribution in [3.05, 3.63) is 35.8 Å². The molecule has 1 aliphatic rings. The average molecular weight is 360 g/mol. The van der Waals surface area contributed by atoms with Gasteiger partial charge >= 0.3 is 0 Å². The van der Waals surface area contributed by atoms with Gasteiger partial charge in [0.2, 0.25) is 5.91 Å². The smallest absolute Gasteiger partial charge is 0.241 e. The van der Waals surface area contributed by atoms with E-state index in [0.29, 0.717) is 12.4 Å². The Balaban J connectivity index is 1.56. The number of piperazine rings is 1. The zero-order valence-electron chi connectivity index (χ0n) is 14.6. The Morgan fingerprint density at radius 2 is 2.08 bits per heavy atom. The molecule has 0 aliphatic carbocycles. The molecule has 0 radical (unpaired) electrons. The number of nitrogens with zero attached hydrogens (tertiary/aromatic N) is 3. The van der Waals surface area contributed by atoms with Crippen molar-refractivity contribution in [3.63, 3.8) is 0 Å². The molecule has 1 saturated heterocycles. The number of hydrogen-bond acceptors (Lipinski definition) is 6. The van der Waals surface area contributed by atoms with Gasteiger partial charge in [0, 0.05) is 37.8 Å². The minimum Gasteiger partial charge on any atom is -0.492 e. The zero-order chi connectivity index (χ0) is 17.6. The van der Waals surface area contributed by atoms with Crippen LogP contribution >= 0.6 is 11.3 Å². The fourth-order valence-corrected chi connectivity index (χ4v) is 3.62. The summed E-state index contributed by atoms with van der Waals surface area (Å²) in [4.78, 5) is 21.5. The van der Waals surface area contributed by atoms with Gasteiger partial charge in [-0.1, -0.05) is 12.1 Å². The minimum atomic E-state index is -0.187. The molecule has 0 spiro atoms. The molecule has 2 heterocycles. The van der Waals surface area contributed by atoms with Crippen molar-refractivity contribution in [3.8, 4) is 5.75 Å². The van der Waals surface area contributed by atoms with Gasteiger partial charge in [-0.2, -0.15) is 0 Å². The lowest BCUT2D eigenvalue weighted by molar-refractivity contribution is -0.120. The molecule has 1 N–H and O–H groups in total. The summed E-state index contributed by atoms with van der Waals surface area (Å²) in [7, 11) is 0. The van der Waals surface area contributed by atoms with Gasteiger partial charge in [-0.15, -0.1) is 11.3 Å². The Labute approximate surface area is 152 Å². The van der Waals surface area contributed by atoms with Gasteiger partial charge in [0.1, 0.15) is 5.75 Å². The van der Waals surface area contributed by atoms with Crippen molar-refractivity contribution >= 4 is 28.1 Å². The molecule has 25 heavy (non-hydrogen) atoms. The van der Waals surface area contributed by atoms with Crippen LogP contribution in [0, 0.1) is 0 Å². The Morgan fingerprint density at radius 3 is 2.76 bits per heavy atom. The molecular weight excluding hydrogens is 336 g/mol. The normalized spacial score (nSPS) is 16.5. The first kappa shape index (κ1) is 17.7. The van der Waals surface area contributed by atoms with Crippen LogP contribution in [-0.4, -0.2) is 54.6 Å². The van der Waals surface area contributed by atoms with E-state index in [1.54, 1.807) is 11.3 Å². The van der Waals surface area contributed by atoms with Crippen LogP contribution in [0.2, 0.25) is 0 Å². The summed E-state index contributed by atoms with van der Waals surface area (Å²) in [5, 5.41) is 6.05. The number of thiazole rings is 1. The highest BCUT2D eigenvalue weighted by Gasteiger charge is 2.26. The van der Waals surface area contributed by atoms with Crippen LogP contribution in [-0.2, 0) is 4.79 Å². The van der Waals surface area contributed by atoms with Gasteiger partial charge in [0.15, 0.2) is 5.13 Å². The second-order valence-corrected chi connectivity index (χ2v) is 6.81. The number of carbonyl (C=O) groups is 1. The van der Waals surface area contributed by atoms with E-state index in [1.807, 2.05) is 49.7 Å². The highest BCUT2D eigenvalue weighted by Crippen LogP contribution is 2.24. The van der Waals surface area contributed by atoms with Crippen molar-refractivity contribution in [2.24, 2.45) is 0 Å². The first-order valence-electron chi connectivity index (χ1n) is 8.60. The first-order chi connectivity index (χ1) is 12.2. The molecule has 1 aromatic heterocycles. The average Bonchev–Trinajstić information content (AvgIpc) is 3.18. The molecule has 1 unspecified atom stereocenters.